The van der Waals surface area contributed by atoms with Crippen molar-refractivity contribution in [3.63, 3.8) is 0 Å². The van der Waals surface area contributed by atoms with E-state index in [1.807, 2.05) is 0 Å². The summed E-state index contributed by atoms with van der Waals surface area (Å²) in [6.45, 7) is 0.817. The van der Waals surface area contributed by atoms with Crippen LogP contribution in [0.5, 0.6) is 0 Å². The molecule has 108 valence electrons. The highest BCUT2D eigenvalue weighted by molar-refractivity contribution is 6.29. The maximum Gasteiger partial charge on any atom is 0.358 e. The van der Waals surface area contributed by atoms with Gasteiger partial charge in [0.25, 0.3) is 5.91 Å². The van der Waals surface area contributed by atoms with Crippen molar-refractivity contribution < 1.29 is 14.7 Å². The molecule has 2 aromatic rings. The number of aromatic carboxylic acids is 1. The molecule has 1 aliphatic heterocycles. The zero-order chi connectivity index (χ0) is 15.0. The Morgan fingerprint density at radius 1 is 1.19 bits per heavy atom. The van der Waals surface area contributed by atoms with E-state index < -0.39 is 5.97 Å². The molecule has 3 rings (SSSR count). The minimum Gasteiger partial charge on any atom is -0.476 e. The van der Waals surface area contributed by atoms with Gasteiger partial charge in [0.2, 0.25) is 0 Å². The summed E-state index contributed by atoms with van der Waals surface area (Å²) >= 11 is 5.61. The Morgan fingerprint density at radius 2 is 1.95 bits per heavy atom. The zero-order valence-electron chi connectivity index (χ0n) is 10.5. The minimum absolute atomic E-state index is 0.0881. The van der Waals surface area contributed by atoms with Crippen LogP contribution in [0.15, 0.2) is 18.3 Å². The summed E-state index contributed by atoms with van der Waals surface area (Å²) < 4.78 is 1.45. The molecule has 0 aliphatic carbocycles. The number of halogens is 1. The Morgan fingerprint density at radius 3 is 2.52 bits per heavy atom. The number of hydrogen-bond acceptors (Lipinski definition) is 6. The highest BCUT2D eigenvalue weighted by atomic mass is 35.5. The van der Waals surface area contributed by atoms with Crippen LogP contribution in [0.2, 0.25) is 5.15 Å². The molecule has 21 heavy (non-hydrogen) atoms. The first-order chi connectivity index (χ1) is 10.0. The van der Waals surface area contributed by atoms with Crippen molar-refractivity contribution in [3.8, 4) is 0 Å². The lowest BCUT2D eigenvalue weighted by molar-refractivity contribution is 0.0490. The minimum atomic E-state index is -1.13. The van der Waals surface area contributed by atoms with Gasteiger partial charge in [-0.2, -0.15) is 0 Å². The molecule has 0 aromatic carbocycles. The molecular formula is C11H9ClN6O3. The van der Waals surface area contributed by atoms with Crippen molar-refractivity contribution in [2.75, 3.05) is 13.1 Å². The Balaban J connectivity index is 1.63. The van der Waals surface area contributed by atoms with Gasteiger partial charge < -0.3 is 10.0 Å². The lowest BCUT2D eigenvalue weighted by Gasteiger charge is -2.38. The van der Waals surface area contributed by atoms with Gasteiger partial charge >= 0.3 is 5.97 Å². The first kappa shape index (κ1) is 13.4. The molecule has 1 fully saturated rings. The molecule has 0 atom stereocenters. The number of hydrogen-bond donors (Lipinski definition) is 1. The van der Waals surface area contributed by atoms with E-state index in [0.717, 1.165) is 0 Å². The number of carbonyl (C=O) groups is 2. The second kappa shape index (κ2) is 5.09. The van der Waals surface area contributed by atoms with Crippen molar-refractivity contribution in [3.05, 3.63) is 34.9 Å². The van der Waals surface area contributed by atoms with Gasteiger partial charge in [-0.15, -0.1) is 15.3 Å². The molecule has 10 heteroatoms. The Kier molecular flexibility index (Phi) is 3.26. The fourth-order valence-corrected chi connectivity index (χ4v) is 2.03. The summed E-state index contributed by atoms with van der Waals surface area (Å²) in [6, 6.07) is 2.91. The number of carbonyl (C=O) groups excluding carboxylic acids is 1. The van der Waals surface area contributed by atoms with E-state index in [1.165, 1.54) is 23.0 Å². The van der Waals surface area contributed by atoms with Crippen molar-refractivity contribution in [1.82, 2.24) is 30.1 Å². The average Bonchev–Trinajstić information content (AvgIpc) is 2.87. The number of aromatic nitrogens is 5. The maximum atomic E-state index is 12.1. The van der Waals surface area contributed by atoms with E-state index in [-0.39, 0.29) is 28.5 Å². The number of amides is 1. The number of rotatable bonds is 3. The van der Waals surface area contributed by atoms with Gasteiger partial charge in [0.15, 0.2) is 16.5 Å². The summed E-state index contributed by atoms with van der Waals surface area (Å²) in [4.78, 5) is 24.4. The Bertz CT molecular complexity index is 694. The van der Waals surface area contributed by atoms with Crippen molar-refractivity contribution in [2.24, 2.45) is 0 Å². The molecule has 0 unspecified atom stereocenters. The third-order valence-electron chi connectivity index (χ3n) is 3.10. The molecule has 1 amide bonds. The normalized spacial score (nSPS) is 14.8. The Hall–Kier alpha value is -2.55. The second-order valence-electron chi connectivity index (χ2n) is 4.49. The van der Waals surface area contributed by atoms with E-state index in [1.54, 1.807) is 4.90 Å². The van der Waals surface area contributed by atoms with Crippen LogP contribution in [0.4, 0.5) is 0 Å². The highest BCUT2D eigenvalue weighted by Gasteiger charge is 2.34. The lowest BCUT2D eigenvalue weighted by atomic mass is 10.1. The lowest BCUT2D eigenvalue weighted by Crippen LogP contribution is -2.51. The first-order valence-electron chi connectivity index (χ1n) is 5.98. The predicted molar refractivity (Wildman–Crippen MR) is 69.0 cm³/mol. The van der Waals surface area contributed by atoms with E-state index in [2.05, 4.69) is 20.5 Å². The highest BCUT2D eigenvalue weighted by Crippen LogP contribution is 2.22. The number of carboxylic acid groups (broad SMARTS) is 1. The number of nitrogens with zero attached hydrogens (tertiary/aromatic N) is 6. The molecule has 1 aliphatic rings. The van der Waals surface area contributed by atoms with Crippen LogP contribution in [0.3, 0.4) is 0 Å². The predicted octanol–water partition coefficient (Wildman–Crippen LogP) is 0.117. The van der Waals surface area contributed by atoms with Gasteiger partial charge in [0.05, 0.1) is 12.2 Å². The molecule has 1 N–H and O–H groups in total. The van der Waals surface area contributed by atoms with Crippen LogP contribution in [-0.2, 0) is 0 Å². The quantitative estimate of drug-likeness (QED) is 0.856. The molecular weight excluding hydrogens is 300 g/mol. The van der Waals surface area contributed by atoms with Crippen LogP contribution in [0, 0.1) is 0 Å². The Labute approximate surface area is 123 Å². The van der Waals surface area contributed by atoms with Gasteiger partial charge in [-0.1, -0.05) is 16.8 Å². The maximum absolute atomic E-state index is 12.1. The second-order valence-corrected chi connectivity index (χ2v) is 4.88. The smallest absolute Gasteiger partial charge is 0.358 e. The van der Waals surface area contributed by atoms with Crippen molar-refractivity contribution in [2.45, 2.75) is 6.04 Å². The number of likely N-dealkylation sites (tertiary alicyclic amines) is 1. The van der Waals surface area contributed by atoms with Crippen molar-refractivity contribution >= 4 is 23.5 Å². The van der Waals surface area contributed by atoms with E-state index in [9.17, 15) is 9.59 Å². The SMILES string of the molecule is O=C(O)c1cn(C2CN(C(=O)c3ccc(Cl)nn3)C2)nn1. The van der Waals surface area contributed by atoms with E-state index >= 15 is 0 Å². The van der Waals surface area contributed by atoms with Gasteiger partial charge in [-0.05, 0) is 12.1 Å². The van der Waals surface area contributed by atoms with E-state index in [0.29, 0.717) is 13.1 Å². The van der Waals surface area contributed by atoms with Gasteiger partial charge in [0, 0.05) is 13.1 Å². The van der Waals surface area contributed by atoms with Gasteiger partial charge in [-0.3, -0.25) is 4.79 Å². The van der Waals surface area contributed by atoms with Gasteiger partial charge in [0.1, 0.15) is 0 Å². The van der Waals surface area contributed by atoms with E-state index in [4.69, 9.17) is 16.7 Å². The third kappa shape index (κ3) is 2.55. The molecule has 0 spiro atoms. The number of carboxylic acids is 1. The first-order valence-corrected chi connectivity index (χ1v) is 6.36. The van der Waals surface area contributed by atoms with Crippen molar-refractivity contribution in [1.29, 1.82) is 0 Å². The van der Waals surface area contributed by atoms with Crippen LogP contribution >= 0.6 is 11.6 Å². The van der Waals surface area contributed by atoms with Crippen LogP contribution < -0.4 is 0 Å². The third-order valence-corrected chi connectivity index (χ3v) is 3.31. The fraction of sp³-hybridized carbons (Fsp3) is 0.273. The molecule has 2 aromatic heterocycles. The topological polar surface area (TPSA) is 114 Å². The summed E-state index contributed by atoms with van der Waals surface area (Å²) in [5.74, 6) is -1.39. The molecule has 3 heterocycles. The van der Waals surface area contributed by atoms with Crippen LogP contribution in [-0.4, -0.2) is 60.2 Å². The summed E-state index contributed by atoms with van der Waals surface area (Å²) in [5.41, 5.74) is 0.0889. The molecule has 0 saturated carbocycles. The van der Waals surface area contributed by atoms with Crippen LogP contribution in [0.25, 0.3) is 0 Å². The molecule has 0 bridgehead atoms. The average molecular weight is 309 g/mol. The zero-order valence-corrected chi connectivity index (χ0v) is 11.3. The standard InChI is InChI=1S/C11H9ClN6O3/c12-9-2-1-7(13-15-9)10(19)17-3-6(4-17)18-5-8(11(20)21)14-16-18/h1-2,5-6H,3-4H2,(H,20,21). The molecule has 9 nitrogen and oxygen atoms in total. The van der Waals surface area contributed by atoms with Gasteiger partial charge in [-0.25, -0.2) is 9.48 Å². The fourth-order valence-electron chi connectivity index (χ4n) is 1.93. The molecule has 0 radical (unpaired) electrons. The summed E-state index contributed by atoms with van der Waals surface area (Å²) in [6.07, 6.45) is 1.34. The monoisotopic (exact) mass is 308 g/mol. The largest absolute Gasteiger partial charge is 0.476 e. The summed E-state index contributed by atoms with van der Waals surface area (Å²) in [5, 5.41) is 23.6. The molecule has 1 saturated heterocycles. The van der Waals surface area contributed by atoms with Crippen LogP contribution in [0.1, 0.15) is 27.0 Å². The summed E-state index contributed by atoms with van der Waals surface area (Å²) in [7, 11) is 0.